The summed E-state index contributed by atoms with van der Waals surface area (Å²) < 4.78 is 0. The van der Waals surface area contributed by atoms with Crippen molar-refractivity contribution in [2.24, 2.45) is 0 Å². The number of carbonyl (C=O) groups is 1. The van der Waals surface area contributed by atoms with Gasteiger partial charge in [0.15, 0.2) is 0 Å². The van der Waals surface area contributed by atoms with E-state index in [9.17, 15) is 4.79 Å². The number of benzene rings is 1. The van der Waals surface area contributed by atoms with E-state index in [2.05, 4.69) is 11.9 Å². The van der Waals surface area contributed by atoms with Gasteiger partial charge in [-0.05, 0) is 38.5 Å². The van der Waals surface area contributed by atoms with Gasteiger partial charge < -0.3 is 10.2 Å². The lowest BCUT2D eigenvalue weighted by molar-refractivity contribution is -0.128. The van der Waals surface area contributed by atoms with Gasteiger partial charge in [0.25, 0.3) is 0 Å². The van der Waals surface area contributed by atoms with Crippen LogP contribution in [0.3, 0.4) is 0 Å². The minimum atomic E-state index is 0.0576. The highest BCUT2D eigenvalue weighted by molar-refractivity contribution is 6.31. The first-order valence-electron chi connectivity index (χ1n) is 6.36. The fourth-order valence-electron chi connectivity index (χ4n) is 1.69. The predicted octanol–water partition coefficient (Wildman–Crippen LogP) is 3.48. The molecule has 0 aliphatic rings. The van der Waals surface area contributed by atoms with Crippen LogP contribution in [0.15, 0.2) is 30.4 Å². The fourth-order valence-corrected chi connectivity index (χ4v) is 1.87. The van der Waals surface area contributed by atoms with Gasteiger partial charge in [-0.25, -0.2) is 0 Å². The number of rotatable bonds is 6. The maximum Gasteiger partial charge on any atom is 0.242 e. The van der Waals surface area contributed by atoms with Crippen molar-refractivity contribution in [1.82, 2.24) is 4.90 Å². The number of halogens is 1. The van der Waals surface area contributed by atoms with Crippen molar-refractivity contribution < 1.29 is 4.79 Å². The molecule has 1 N–H and O–H groups in total. The second-order valence-corrected chi connectivity index (χ2v) is 5.09. The molecule has 0 saturated carbocycles. The molecule has 0 aromatic heterocycles. The van der Waals surface area contributed by atoms with Crippen LogP contribution in [0.1, 0.15) is 19.4 Å². The molecule has 1 aromatic rings. The number of anilines is 1. The Balaban J connectivity index is 2.57. The first-order valence-corrected chi connectivity index (χ1v) is 6.74. The molecule has 1 aromatic carbocycles. The zero-order valence-corrected chi connectivity index (χ0v) is 12.5. The van der Waals surface area contributed by atoms with Crippen molar-refractivity contribution >= 4 is 23.2 Å². The van der Waals surface area contributed by atoms with E-state index in [-0.39, 0.29) is 12.5 Å². The van der Waals surface area contributed by atoms with Crippen LogP contribution in [0.5, 0.6) is 0 Å². The quantitative estimate of drug-likeness (QED) is 0.809. The van der Waals surface area contributed by atoms with Crippen molar-refractivity contribution in [1.29, 1.82) is 0 Å². The number of likely N-dealkylation sites (N-methyl/N-ethyl adjacent to an activating group) is 1. The standard InChI is InChI=1S/C15H21ClN2O/c1-5-18(10-11(2)3)15(19)9-17-13-7-6-12(4)14(16)8-13/h6-8,17H,2,5,9-10H2,1,3-4H3. The molecule has 1 rings (SSSR count). The molecule has 1 amide bonds. The minimum absolute atomic E-state index is 0.0576. The molecule has 104 valence electrons. The average Bonchev–Trinajstić information content (AvgIpc) is 2.36. The van der Waals surface area contributed by atoms with E-state index in [1.165, 1.54) is 0 Å². The Morgan fingerprint density at radius 1 is 1.47 bits per heavy atom. The summed E-state index contributed by atoms with van der Waals surface area (Å²) in [7, 11) is 0. The van der Waals surface area contributed by atoms with Crippen molar-refractivity contribution in [3.63, 3.8) is 0 Å². The summed E-state index contributed by atoms with van der Waals surface area (Å²) in [4.78, 5) is 13.8. The molecule has 0 atom stereocenters. The molecule has 0 aliphatic carbocycles. The molecule has 0 aliphatic heterocycles. The molecular weight excluding hydrogens is 260 g/mol. The summed E-state index contributed by atoms with van der Waals surface area (Å²) in [5.41, 5.74) is 2.86. The van der Waals surface area contributed by atoms with E-state index in [1.54, 1.807) is 4.90 Å². The Bertz CT molecular complexity index is 471. The van der Waals surface area contributed by atoms with Crippen LogP contribution in [0, 0.1) is 6.92 Å². The van der Waals surface area contributed by atoms with Gasteiger partial charge in [-0.3, -0.25) is 4.79 Å². The molecule has 4 heteroatoms. The van der Waals surface area contributed by atoms with Crippen molar-refractivity contribution in [2.75, 3.05) is 25.0 Å². The lowest BCUT2D eigenvalue weighted by Crippen LogP contribution is -2.36. The monoisotopic (exact) mass is 280 g/mol. The van der Waals surface area contributed by atoms with Crippen LogP contribution in [-0.4, -0.2) is 30.4 Å². The number of hydrogen-bond donors (Lipinski definition) is 1. The first kappa shape index (κ1) is 15.6. The fraction of sp³-hybridized carbons (Fsp3) is 0.400. The lowest BCUT2D eigenvalue weighted by atomic mass is 10.2. The van der Waals surface area contributed by atoms with Crippen LogP contribution in [0.4, 0.5) is 5.69 Å². The summed E-state index contributed by atoms with van der Waals surface area (Å²) in [6, 6.07) is 5.68. The van der Waals surface area contributed by atoms with E-state index in [0.717, 1.165) is 16.8 Å². The van der Waals surface area contributed by atoms with Gasteiger partial charge in [0.1, 0.15) is 0 Å². The summed E-state index contributed by atoms with van der Waals surface area (Å²) in [5, 5.41) is 3.80. The second kappa shape index (κ2) is 7.19. The van der Waals surface area contributed by atoms with Gasteiger partial charge in [-0.1, -0.05) is 29.8 Å². The Labute approximate surface area is 120 Å². The first-order chi connectivity index (χ1) is 8.93. The Morgan fingerprint density at radius 3 is 2.68 bits per heavy atom. The number of hydrogen-bond acceptors (Lipinski definition) is 2. The van der Waals surface area contributed by atoms with Gasteiger partial charge in [-0.2, -0.15) is 0 Å². The van der Waals surface area contributed by atoms with Gasteiger partial charge in [-0.15, -0.1) is 0 Å². The summed E-state index contributed by atoms with van der Waals surface area (Å²) in [5.74, 6) is 0.0576. The smallest absolute Gasteiger partial charge is 0.242 e. The van der Waals surface area contributed by atoms with E-state index in [4.69, 9.17) is 11.6 Å². The Hall–Kier alpha value is -1.48. The van der Waals surface area contributed by atoms with Crippen LogP contribution in [0.2, 0.25) is 5.02 Å². The molecule has 0 spiro atoms. The third-order valence-electron chi connectivity index (χ3n) is 2.81. The lowest BCUT2D eigenvalue weighted by Gasteiger charge is -2.21. The summed E-state index contributed by atoms with van der Waals surface area (Å²) >= 11 is 6.04. The third-order valence-corrected chi connectivity index (χ3v) is 3.22. The molecule has 0 heterocycles. The summed E-state index contributed by atoms with van der Waals surface area (Å²) in [6.07, 6.45) is 0. The maximum atomic E-state index is 12.0. The summed E-state index contributed by atoms with van der Waals surface area (Å²) in [6.45, 7) is 11.2. The molecule has 0 bridgehead atoms. The van der Waals surface area contributed by atoms with Gasteiger partial charge in [0.2, 0.25) is 5.91 Å². The molecular formula is C15H21ClN2O. The van der Waals surface area contributed by atoms with Crippen molar-refractivity contribution in [3.05, 3.63) is 40.9 Å². The highest BCUT2D eigenvalue weighted by Gasteiger charge is 2.11. The zero-order valence-electron chi connectivity index (χ0n) is 11.8. The van der Waals surface area contributed by atoms with Crippen LogP contribution >= 0.6 is 11.6 Å². The molecule has 0 unspecified atom stereocenters. The molecule has 0 fully saturated rings. The average molecular weight is 281 g/mol. The zero-order chi connectivity index (χ0) is 14.4. The van der Waals surface area contributed by atoms with Gasteiger partial charge in [0, 0.05) is 23.8 Å². The number of nitrogens with zero attached hydrogens (tertiary/aromatic N) is 1. The number of carbonyl (C=O) groups excluding carboxylic acids is 1. The van der Waals surface area contributed by atoms with E-state index in [0.29, 0.717) is 18.1 Å². The molecule has 19 heavy (non-hydrogen) atoms. The third kappa shape index (κ3) is 4.95. The minimum Gasteiger partial charge on any atom is -0.376 e. The Kier molecular flexibility index (Phi) is 5.90. The number of nitrogens with one attached hydrogen (secondary N) is 1. The molecule has 0 radical (unpaired) electrons. The number of amides is 1. The predicted molar refractivity (Wildman–Crippen MR) is 81.7 cm³/mol. The molecule has 0 saturated heterocycles. The highest BCUT2D eigenvalue weighted by Crippen LogP contribution is 2.19. The SMILES string of the molecule is C=C(C)CN(CC)C(=O)CNc1ccc(C)c(Cl)c1. The normalized spacial score (nSPS) is 10.1. The van der Waals surface area contributed by atoms with Crippen LogP contribution in [0.25, 0.3) is 0 Å². The van der Waals surface area contributed by atoms with E-state index < -0.39 is 0 Å². The van der Waals surface area contributed by atoms with E-state index in [1.807, 2.05) is 39.0 Å². The number of aryl methyl sites for hydroxylation is 1. The van der Waals surface area contributed by atoms with Crippen molar-refractivity contribution in [2.45, 2.75) is 20.8 Å². The van der Waals surface area contributed by atoms with Crippen molar-refractivity contribution in [3.8, 4) is 0 Å². The maximum absolute atomic E-state index is 12.0. The Morgan fingerprint density at radius 2 is 2.16 bits per heavy atom. The van der Waals surface area contributed by atoms with Gasteiger partial charge in [0.05, 0.1) is 6.54 Å². The van der Waals surface area contributed by atoms with Crippen LogP contribution in [-0.2, 0) is 4.79 Å². The van der Waals surface area contributed by atoms with Crippen LogP contribution < -0.4 is 5.32 Å². The van der Waals surface area contributed by atoms with E-state index >= 15 is 0 Å². The van der Waals surface area contributed by atoms with Gasteiger partial charge >= 0.3 is 0 Å². The molecule has 3 nitrogen and oxygen atoms in total. The largest absolute Gasteiger partial charge is 0.376 e. The second-order valence-electron chi connectivity index (χ2n) is 4.68. The highest BCUT2D eigenvalue weighted by atomic mass is 35.5. The topological polar surface area (TPSA) is 32.3 Å².